The molecule has 0 spiro atoms. The predicted octanol–water partition coefficient (Wildman–Crippen LogP) is 4.03. The minimum absolute atomic E-state index is 0.338. The molecule has 0 aliphatic carbocycles. The van der Waals surface area contributed by atoms with Crippen LogP contribution in [0, 0.1) is 5.82 Å². The Labute approximate surface area is 113 Å². The van der Waals surface area contributed by atoms with E-state index in [0.29, 0.717) is 5.56 Å². The van der Waals surface area contributed by atoms with Crippen LogP contribution in [0.25, 0.3) is 0 Å². The van der Waals surface area contributed by atoms with Crippen molar-refractivity contribution in [3.63, 3.8) is 0 Å². The highest BCUT2D eigenvalue weighted by atomic mass is 19.1. The summed E-state index contributed by atoms with van der Waals surface area (Å²) in [6, 6.07) is 12.5. The van der Waals surface area contributed by atoms with E-state index in [9.17, 15) is 9.50 Å². The van der Waals surface area contributed by atoms with Gasteiger partial charge < -0.3 is 5.11 Å². The van der Waals surface area contributed by atoms with Gasteiger partial charge in [0.2, 0.25) is 0 Å². The van der Waals surface area contributed by atoms with Gasteiger partial charge in [0.25, 0.3) is 0 Å². The van der Waals surface area contributed by atoms with Gasteiger partial charge >= 0.3 is 0 Å². The molecule has 2 heteroatoms. The third kappa shape index (κ3) is 2.85. The summed E-state index contributed by atoms with van der Waals surface area (Å²) in [4.78, 5) is 0. The van der Waals surface area contributed by atoms with Crippen molar-refractivity contribution >= 4 is 0 Å². The van der Waals surface area contributed by atoms with Gasteiger partial charge in [0.05, 0.1) is 0 Å². The van der Waals surface area contributed by atoms with Crippen molar-refractivity contribution in [2.75, 3.05) is 0 Å². The number of hydrogen-bond donors (Lipinski definition) is 1. The van der Waals surface area contributed by atoms with Gasteiger partial charge in [0.15, 0.2) is 0 Å². The van der Waals surface area contributed by atoms with Gasteiger partial charge in [-0.1, -0.05) is 50.2 Å². The number of aliphatic hydroxyl groups is 1. The molecule has 1 nitrogen and oxygen atoms in total. The molecule has 1 N–H and O–H groups in total. The topological polar surface area (TPSA) is 20.2 Å². The highest BCUT2D eigenvalue weighted by Gasteiger charge is 2.17. The lowest BCUT2D eigenvalue weighted by Gasteiger charge is -2.17. The van der Waals surface area contributed by atoms with Crippen LogP contribution in [-0.2, 0) is 12.8 Å². The van der Waals surface area contributed by atoms with Gasteiger partial charge in [0, 0.05) is 5.56 Å². The van der Waals surface area contributed by atoms with Crippen LogP contribution in [-0.4, -0.2) is 5.11 Å². The quantitative estimate of drug-likeness (QED) is 0.877. The van der Waals surface area contributed by atoms with Gasteiger partial charge in [-0.2, -0.15) is 0 Å². The lowest BCUT2D eigenvalue weighted by molar-refractivity contribution is 0.214. The maximum atomic E-state index is 13.8. The Bertz CT molecular complexity index is 563. The molecule has 0 aliphatic heterocycles. The fourth-order valence-corrected chi connectivity index (χ4v) is 2.31. The first-order chi connectivity index (χ1) is 9.17. The number of aliphatic hydroxyl groups excluding tert-OH is 1. The normalized spacial score (nSPS) is 12.4. The molecule has 1 atom stereocenters. The van der Waals surface area contributed by atoms with Gasteiger partial charge in [0.1, 0.15) is 11.9 Å². The third-order valence-corrected chi connectivity index (χ3v) is 3.49. The fourth-order valence-electron chi connectivity index (χ4n) is 2.31. The lowest BCUT2D eigenvalue weighted by Crippen LogP contribution is -2.06. The smallest absolute Gasteiger partial charge is 0.129 e. The molecule has 2 aromatic carbocycles. The van der Waals surface area contributed by atoms with Crippen molar-refractivity contribution in [1.29, 1.82) is 0 Å². The molecular weight excluding hydrogens is 239 g/mol. The van der Waals surface area contributed by atoms with Gasteiger partial charge in [-0.3, -0.25) is 0 Å². The van der Waals surface area contributed by atoms with Crippen LogP contribution in [0.2, 0.25) is 0 Å². The number of halogens is 1. The standard InChI is InChI=1S/C17H19FO/c1-3-12-9-10-13(4-2)15(11-12)17(19)14-7-5-6-8-16(14)18/h5-11,17,19H,3-4H2,1-2H3. The Morgan fingerprint density at radius 2 is 1.74 bits per heavy atom. The molecule has 100 valence electrons. The highest BCUT2D eigenvalue weighted by molar-refractivity contribution is 5.39. The first kappa shape index (κ1) is 13.8. The molecule has 0 amide bonds. The summed E-state index contributed by atoms with van der Waals surface area (Å²) in [6.45, 7) is 4.11. The van der Waals surface area contributed by atoms with E-state index in [1.165, 1.54) is 6.07 Å². The number of hydrogen-bond acceptors (Lipinski definition) is 1. The summed E-state index contributed by atoms with van der Waals surface area (Å²) in [7, 11) is 0. The maximum Gasteiger partial charge on any atom is 0.129 e. The highest BCUT2D eigenvalue weighted by Crippen LogP contribution is 2.28. The Morgan fingerprint density at radius 3 is 2.37 bits per heavy atom. The summed E-state index contributed by atoms with van der Waals surface area (Å²) >= 11 is 0. The minimum atomic E-state index is -0.900. The van der Waals surface area contributed by atoms with Crippen molar-refractivity contribution < 1.29 is 9.50 Å². The maximum absolute atomic E-state index is 13.8. The van der Waals surface area contributed by atoms with Gasteiger partial charge in [-0.25, -0.2) is 4.39 Å². The van der Waals surface area contributed by atoms with Crippen LogP contribution in [0.3, 0.4) is 0 Å². The lowest BCUT2D eigenvalue weighted by atomic mass is 9.93. The molecular formula is C17H19FO. The SMILES string of the molecule is CCc1ccc(CC)c(C(O)c2ccccc2F)c1. The van der Waals surface area contributed by atoms with E-state index in [2.05, 4.69) is 13.0 Å². The number of benzene rings is 2. The van der Waals surface area contributed by atoms with Crippen LogP contribution in [0.4, 0.5) is 4.39 Å². The number of rotatable bonds is 4. The average molecular weight is 258 g/mol. The van der Waals surface area contributed by atoms with E-state index in [1.807, 2.05) is 19.1 Å². The number of aryl methyl sites for hydroxylation is 2. The van der Waals surface area contributed by atoms with E-state index in [0.717, 1.165) is 29.5 Å². The van der Waals surface area contributed by atoms with E-state index < -0.39 is 6.10 Å². The van der Waals surface area contributed by atoms with Crippen molar-refractivity contribution in [2.24, 2.45) is 0 Å². The molecule has 2 aromatic rings. The van der Waals surface area contributed by atoms with Crippen molar-refractivity contribution in [2.45, 2.75) is 32.8 Å². The molecule has 1 unspecified atom stereocenters. The first-order valence-electron chi connectivity index (χ1n) is 6.71. The van der Waals surface area contributed by atoms with Crippen LogP contribution in [0.1, 0.15) is 42.2 Å². The Balaban J connectivity index is 2.48. The zero-order valence-corrected chi connectivity index (χ0v) is 11.4. The Hall–Kier alpha value is -1.67. The molecule has 19 heavy (non-hydrogen) atoms. The van der Waals surface area contributed by atoms with Crippen LogP contribution in [0.15, 0.2) is 42.5 Å². The summed E-state index contributed by atoms with van der Waals surface area (Å²) in [5.74, 6) is -0.362. The molecule has 0 fully saturated rings. The summed E-state index contributed by atoms with van der Waals surface area (Å²) in [5.41, 5.74) is 3.37. The fraction of sp³-hybridized carbons (Fsp3) is 0.294. The summed E-state index contributed by atoms with van der Waals surface area (Å²) in [6.07, 6.45) is 0.828. The Kier molecular flexibility index (Phi) is 4.33. The zero-order valence-electron chi connectivity index (χ0n) is 11.4. The van der Waals surface area contributed by atoms with E-state index in [1.54, 1.807) is 18.2 Å². The largest absolute Gasteiger partial charge is 0.384 e. The summed E-state index contributed by atoms with van der Waals surface area (Å²) in [5, 5.41) is 10.5. The molecule has 0 heterocycles. The second-order valence-corrected chi connectivity index (χ2v) is 4.66. The van der Waals surface area contributed by atoms with Gasteiger partial charge in [-0.05, 0) is 35.6 Å². The van der Waals surface area contributed by atoms with E-state index >= 15 is 0 Å². The van der Waals surface area contributed by atoms with Crippen molar-refractivity contribution in [1.82, 2.24) is 0 Å². The third-order valence-electron chi connectivity index (χ3n) is 3.49. The molecule has 0 radical (unpaired) electrons. The molecule has 0 saturated heterocycles. The van der Waals surface area contributed by atoms with Crippen LogP contribution in [0.5, 0.6) is 0 Å². The first-order valence-corrected chi connectivity index (χ1v) is 6.71. The molecule has 0 saturated carbocycles. The summed E-state index contributed by atoms with van der Waals surface area (Å²) < 4.78 is 13.8. The van der Waals surface area contributed by atoms with Crippen LogP contribution < -0.4 is 0 Å². The second-order valence-electron chi connectivity index (χ2n) is 4.66. The molecule has 2 rings (SSSR count). The molecule has 0 aromatic heterocycles. The molecule has 0 bridgehead atoms. The van der Waals surface area contributed by atoms with E-state index in [-0.39, 0.29) is 5.82 Å². The Morgan fingerprint density at radius 1 is 1.00 bits per heavy atom. The minimum Gasteiger partial charge on any atom is -0.384 e. The average Bonchev–Trinajstić information content (AvgIpc) is 2.46. The second kappa shape index (κ2) is 5.98. The zero-order chi connectivity index (χ0) is 13.8. The predicted molar refractivity (Wildman–Crippen MR) is 75.7 cm³/mol. The van der Waals surface area contributed by atoms with Crippen molar-refractivity contribution in [3.8, 4) is 0 Å². The van der Waals surface area contributed by atoms with Crippen LogP contribution >= 0.6 is 0 Å². The van der Waals surface area contributed by atoms with Gasteiger partial charge in [-0.15, -0.1) is 0 Å². The van der Waals surface area contributed by atoms with Crippen molar-refractivity contribution in [3.05, 3.63) is 70.5 Å². The molecule has 0 aliphatic rings. The monoisotopic (exact) mass is 258 g/mol. The van der Waals surface area contributed by atoms with E-state index in [4.69, 9.17) is 0 Å².